The van der Waals surface area contributed by atoms with Crippen LogP contribution in [0.4, 0.5) is 0 Å². The summed E-state index contributed by atoms with van der Waals surface area (Å²) in [5, 5.41) is 0. The van der Waals surface area contributed by atoms with Crippen LogP contribution in [0, 0.1) is 0 Å². The molecule has 116 valence electrons. The van der Waals surface area contributed by atoms with Crippen LogP contribution in [0.1, 0.15) is 45.0 Å². The van der Waals surface area contributed by atoms with E-state index in [9.17, 15) is 9.59 Å². The van der Waals surface area contributed by atoms with Crippen LogP contribution in [0.25, 0.3) is 0 Å². The first-order valence-corrected chi connectivity index (χ1v) is 6.82. The minimum Gasteiger partial charge on any atom is -0.466 e. The maximum atomic E-state index is 11.8. The predicted molar refractivity (Wildman–Crippen MR) is 77.3 cm³/mol. The smallest absolute Gasteiger partial charge is 0.329 e. The van der Waals surface area contributed by atoms with Gasteiger partial charge in [-0.15, -0.1) is 0 Å². The van der Waals surface area contributed by atoms with Gasteiger partial charge < -0.3 is 15.2 Å². The van der Waals surface area contributed by atoms with Crippen LogP contribution in [0.3, 0.4) is 0 Å². The molecule has 0 amide bonds. The number of esters is 2. The van der Waals surface area contributed by atoms with Crippen molar-refractivity contribution in [3.63, 3.8) is 0 Å². The topological polar surface area (TPSA) is 91.5 Å². The van der Waals surface area contributed by atoms with Crippen molar-refractivity contribution in [2.45, 2.75) is 45.8 Å². The van der Waals surface area contributed by atoms with E-state index in [1.165, 1.54) is 6.20 Å². The molecule has 0 aliphatic carbocycles. The van der Waals surface area contributed by atoms with Gasteiger partial charge in [0, 0.05) is 6.20 Å². The van der Waals surface area contributed by atoms with Gasteiger partial charge in [-0.25, -0.2) is 4.79 Å². The van der Waals surface area contributed by atoms with Crippen molar-refractivity contribution in [2.75, 3.05) is 6.61 Å². The van der Waals surface area contributed by atoms with E-state index in [0.29, 0.717) is 17.9 Å². The maximum Gasteiger partial charge on any atom is 0.329 e. The Morgan fingerprint density at radius 2 is 2.00 bits per heavy atom. The van der Waals surface area contributed by atoms with Gasteiger partial charge in [-0.2, -0.15) is 0 Å². The molecule has 1 aromatic heterocycles. The molecular weight excluding hydrogens is 272 g/mol. The van der Waals surface area contributed by atoms with Crippen LogP contribution in [-0.2, 0) is 25.5 Å². The first kappa shape index (κ1) is 17.1. The van der Waals surface area contributed by atoms with Gasteiger partial charge >= 0.3 is 11.9 Å². The highest BCUT2D eigenvalue weighted by Gasteiger charge is 2.24. The molecule has 0 fully saturated rings. The standard InChI is InChI=1S/C15H22N2O4/c1-5-20-12(18)8-10-6-7-11(17-9-10)13(16)14(19)21-15(2,3)4/h6-7,9,13H,5,8,16H2,1-4H3. The van der Waals surface area contributed by atoms with E-state index in [0.717, 1.165) is 0 Å². The number of carbonyl (C=O) groups excluding carboxylic acids is 2. The summed E-state index contributed by atoms with van der Waals surface area (Å²) >= 11 is 0. The summed E-state index contributed by atoms with van der Waals surface area (Å²) in [6.07, 6.45) is 1.65. The number of pyridine rings is 1. The van der Waals surface area contributed by atoms with Gasteiger partial charge in [0.1, 0.15) is 11.6 Å². The van der Waals surface area contributed by atoms with Crippen molar-refractivity contribution in [1.82, 2.24) is 4.98 Å². The van der Waals surface area contributed by atoms with E-state index in [2.05, 4.69) is 4.98 Å². The lowest BCUT2D eigenvalue weighted by molar-refractivity contribution is -0.156. The molecule has 1 aromatic rings. The first-order valence-electron chi connectivity index (χ1n) is 6.82. The van der Waals surface area contributed by atoms with E-state index in [1.807, 2.05) is 0 Å². The van der Waals surface area contributed by atoms with E-state index < -0.39 is 17.6 Å². The number of hydrogen-bond donors (Lipinski definition) is 1. The fourth-order valence-electron chi connectivity index (χ4n) is 1.59. The summed E-state index contributed by atoms with van der Waals surface area (Å²) in [5.74, 6) is -0.850. The quantitative estimate of drug-likeness (QED) is 0.828. The van der Waals surface area contributed by atoms with E-state index in [4.69, 9.17) is 15.2 Å². The molecule has 0 aliphatic rings. The highest BCUT2D eigenvalue weighted by molar-refractivity contribution is 5.77. The Bertz CT molecular complexity index is 491. The lowest BCUT2D eigenvalue weighted by Gasteiger charge is -2.22. The van der Waals surface area contributed by atoms with Crippen LogP contribution in [0.5, 0.6) is 0 Å². The molecule has 21 heavy (non-hydrogen) atoms. The van der Waals surface area contributed by atoms with Gasteiger partial charge in [0.2, 0.25) is 0 Å². The fourth-order valence-corrected chi connectivity index (χ4v) is 1.59. The summed E-state index contributed by atoms with van der Waals surface area (Å²) in [6.45, 7) is 7.40. The molecule has 0 radical (unpaired) electrons. The zero-order valence-corrected chi connectivity index (χ0v) is 12.9. The normalized spacial score (nSPS) is 12.6. The van der Waals surface area contributed by atoms with Crippen molar-refractivity contribution in [3.05, 3.63) is 29.6 Å². The van der Waals surface area contributed by atoms with Crippen LogP contribution < -0.4 is 5.73 Å². The van der Waals surface area contributed by atoms with E-state index in [-0.39, 0.29) is 12.4 Å². The molecule has 2 N–H and O–H groups in total. The SMILES string of the molecule is CCOC(=O)Cc1ccc(C(N)C(=O)OC(C)(C)C)nc1. The second kappa shape index (κ2) is 7.17. The Morgan fingerprint density at radius 1 is 1.33 bits per heavy atom. The molecule has 6 nitrogen and oxygen atoms in total. The van der Waals surface area contributed by atoms with Crippen molar-refractivity contribution >= 4 is 11.9 Å². The van der Waals surface area contributed by atoms with Crippen LogP contribution in [-0.4, -0.2) is 29.1 Å². The van der Waals surface area contributed by atoms with Gasteiger partial charge in [0.25, 0.3) is 0 Å². The van der Waals surface area contributed by atoms with Gasteiger partial charge in [-0.1, -0.05) is 6.07 Å². The maximum absolute atomic E-state index is 11.8. The summed E-state index contributed by atoms with van der Waals surface area (Å²) < 4.78 is 10.1. The fraction of sp³-hybridized carbons (Fsp3) is 0.533. The summed E-state index contributed by atoms with van der Waals surface area (Å²) in [7, 11) is 0. The van der Waals surface area contributed by atoms with Crippen LogP contribution in [0.2, 0.25) is 0 Å². The lowest BCUT2D eigenvalue weighted by atomic mass is 10.1. The minimum absolute atomic E-state index is 0.142. The molecule has 1 rings (SSSR count). The van der Waals surface area contributed by atoms with Gasteiger partial charge in [-0.3, -0.25) is 9.78 Å². The summed E-state index contributed by atoms with van der Waals surface area (Å²) in [4.78, 5) is 27.3. The first-order chi connectivity index (χ1) is 9.73. The second-order valence-corrected chi connectivity index (χ2v) is 5.58. The number of rotatable bonds is 5. The Morgan fingerprint density at radius 3 is 2.48 bits per heavy atom. The monoisotopic (exact) mass is 294 g/mol. The number of ether oxygens (including phenoxy) is 2. The van der Waals surface area contributed by atoms with Crippen LogP contribution >= 0.6 is 0 Å². The Labute approximate surface area is 124 Å². The highest BCUT2D eigenvalue weighted by Crippen LogP contribution is 2.15. The van der Waals surface area contributed by atoms with Crippen LogP contribution in [0.15, 0.2) is 18.3 Å². The number of aromatic nitrogens is 1. The van der Waals surface area contributed by atoms with Crippen molar-refractivity contribution < 1.29 is 19.1 Å². The zero-order valence-electron chi connectivity index (χ0n) is 12.9. The minimum atomic E-state index is -0.944. The third-order valence-corrected chi connectivity index (χ3v) is 2.48. The Hall–Kier alpha value is -1.95. The van der Waals surface area contributed by atoms with Crippen molar-refractivity contribution in [2.24, 2.45) is 5.73 Å². The lowest BCUT2D eigenvalue weighted by Crippen LogP contribution is -2.32. The number of carbonyl (C=O) groups is 2. The highest BCUT2D eigenvalue weighted by atomic mass is 16.6. The third kappa shape index (κ3) is 5.91. The van der Waals surface area contributed by atoms with Gasteiger partial charge in [0.15, 0.2) is 0 Å². The van der Waals surface area contributed by atoms with E-state index in [1.54, 1.807) is 39.8 Å². The average Bonchev–Trinajstić information content (AvgIpc) is 2.37. The molecule has 1 unspecified atom stereocenters. The number of hydrogen-bond acceptors (Lipinski definition) is 6. The summed E-state index contributed by atoms with van der Waals surface area (Å²) in [5.41, 5.74) is 6.32. The molecule has 0 saturated carbocycles. The Kier molecular flexibility index (Phi) is 5.84. The third-order valence-electron chi connectivity index (χ3n) is 2.48. The number of nitrogens with zero attached hydrogens (tertiary/aromatic N) is 1. The molecule has 0 spiro atoms. The van der Waals surface area contributed by atoms with Crippen molar-refractivity contribution in [1.29, 1.82) is 0 Å². The van der Waals surface area contributed by atoms with Crippen molar-refractivity contribution in [3.8, 4) is 0 Å². The average molecular weight is 294 g/mol. The number of nitrogens with two attached hydrogens (primary N) is 1. The second-order valence-electron chi connectivity index (χ2n) is 5.58. The molecular formula is C15H22N2O4. The van der Waals surface area contributed by atoms with Gasteiger partial charge in [0.05, 0.1) is 18.7 Å². The molecule has 0 bridgehead atoms. The molecule has 1 atom stereocenters. The molecule has 0 aliphatic heterocycles. The summed E-state index contributed by atoms with van der Waals surface area (Å²) in [6, 6.07) is 2.37. The molecule has 0 aromatic carbocycles. The largest absolute Gasteiger partial charge is 0.466 e. The zero-order chi connectivity index (χ0) is 16.0. The molecule has 6 heteroatoms. The van der Waals surface area contributed by atoms with Gasteiger partial charge in [-0.05, 0) is 39.3 Å². The predicted octanol–water partition coefficient (Wildman–Crippen LogP) is 1.53. The molecule has 1 heterocycles. The Balaban J connectivity index is 2.69. The molecule has 0 saturated heterocycles. The van der Waals surface area contributed by atoms with E-state index >= 15 is 0 Å².